The zero-order valence-electron chi connectivity index (χ0n) is 17.5. The summed E-state index contributed by atoms with van der Waals surface area (Å²) in [6.07, 6.45) is 0.728. The van der Waals surface area contributed by atoms with Gasteiger partial charge in [-0.25, -0.2) is 8.42 Å². The topological polar surface area (TPSA) is 105 Å². The Morgan fingerprint density at radius 2 is 1.67 bits per heavy atom. The fourth-order valence-electron chi connectivity index (χ4n) is 2.66. The van der Waals surface area contributed by atoms with Gasteiger partial charge < -0.3 is 15.4 Å². The molecule has 0 heterocycles. The summed E-state index contributed by atoms with van der Waals surface area (Å²) in [5.74, 6) is -0.0920. The van der Waals surface area contributed by atoms with Gasteiger partial charge in [0.2, 0.25) is 11.8 Å². The first-order chi connectivity index (χ1) is 14.2. The smallest absolute Gasteiger partial charge is 0.264 e. The second-order valence-electron chi connectivity index (χ2n) is 6.79. The highest BCUT2D eigenvalue weighted by Gasteiger charge is 2.27. The largest absolute Gasteiger partial charge is 0.497 e. The van der Waals surface area contributed by atoms with Crippen LogP contribution >= 0.6 is 0 Å². The number of amides is 2. The van der Waals surface area contributed by atoms with Gasteiger partial charge in [0, 0.05) is 18.7 Å². The molecule has 0 aliphatic carbocycles. The quantitative estimate of drug-likeness (QED) is 0.633. The molecule has 0 saturated heterocycles. The minimum Gasteiger partial charge on any atom is -0.497 e. The van der Waals surface area contributed by atoms with Gasteiger partial charge in [0.25, 0.3) is 10.0 Å². The summed E-state index contributed by atoms with van der Waals surface area (Å²) >= 11 is 0. The molecule has 2 aromatic rings. The van der Waals surface area contributed by atoms with Crippen LogP contribution in [0.3, 0.4) is 0 Å². The molecule has 0 radical (unpaired) electrons. The highest BCUT2D eigenvalue weighted by Crippen LogP contribution is 2.26. The lowest BCUT2D eigenvalue weighted by Gasteiger charge is -2.25. The van der Waals surface area contributed by atoms with E-state index in [4.69, 9.17) is 4.74 Å². The van der Waals surface area contributed by atoms with Crippen LogP contribution in [0.5, 0.6) is 5.75 Å². The Morgan fingerprint density at radius 1 is 1.07 bits per heavy atom. The van der Waals surface area contributed by atoms with E-state index in [1.54, 1.807) is 24.3 Å². The molecular weight excluding hydrogens is 406 g/mol. The molecule has 162 valence electrons. The lowest BCUT2D eigenvalue weighted by molar-refractivity contribution is -0.120. The Balaban J connectivity index is 2.40. The first kappa shape index (κ1) is 23.2. The van der Waals surface area contributed by atoms with Gasteiger partial charge in [0.1, 0.15) is 12.3 Å². The molecule has 30 heavy (non-hydrogen) atoms. The Kier molecular flexibility index (Phi) is 7.82. The Labute approximate surface area is 177 Å². The third-order valence-corrected chi connectivity index (χ3v) is 6.22. The van der Waals surface area contributed by atoms with Crippen LogP contribution in [0.2, 0.25) is 0 Å². The maximum absolute atomic E-state index is 13.3. The van der Waals surface area contributed by atoms with Crippen LogP contribution in [0.15, 0.2) is 53.4 Å². The maximum atomic E-state index is 13.3. The van der Waals surface area contributed by atoms with Crippen molar-refractivity contribution in [2.75, 3.05) is 23.3 Å². The van der Waals surface area contributed by atoms with Gasteiger partial charge in [-0.1, -0.05) is 6.92 Å². The number of carbonyl (C=O) groups is 2. The predicted octanol–water partition coefficient (Wildman–Crippen LogP) is 2.76. The second kappa shape index (κ2) is 10.1. The molecule has 8 nitrogen and oxygen atoms in total. The standard InChI is InChI=1S/C21H27N3O5S/c1-5-15(2)22-21(26)14-24(18-8-10-19(29-4)11-9-18)30(27,28)20-12-6-17(7-13-20)23-16(3)25/h6-13,15H,5,14H2,1-4H3,(H,22,26)(H,23,25)/t15-/m1/s1. The van der Waals surface area contributed by atoms with Crippen LogP contribution in [-0.2, 0) is 19.6 Å². The average Bonchev–Trinajstić information content (AvgIpc) is 2.72. The van der Waals surface area contributed by atoms with Gasteiger partial charge in [-0.05, 0) is 61.9 Å². The van der Waals surface area contributed by atoms with Gasteiger partial charge in [-0.15, -0.1) is 0 Å². The van der Waals surface area contributed by atoms with Gasteiger partial charge in [0.05, 0.1) is 17.7 Å². The maximum Gasteiger partial charge on any atom is 0.264 e. The van der Waals surface area contributed by atoms with E-state index in [1.807, 2.05) is 13.8 Å². The number of sulfonamides is 1. The van der Waals surface area contributed by atoms with Crippen LogP contribution in [0.4, 0.5) is 11.4 Å². The summed E-state index contributed by atoms with van der Waals surface area (Å²) in [4.78, 5) is 23.7. The van der Waals surface area contributed by atoms with Crippen molar-refractivity contribution in [1.29, 1.82) is 0 Å². The number of rotatable bonds is 9. The fraction of sp³-hybridized carbons (Fsp3) is 0.333. The van der Waals surface area contributed by atoms with Crippen molar-refractivity contribution in [3.05, 3.63) is 48.5 Å². The predicted molar refractivity (Wildman–Crippen MR) is 116 cm³/mol. The summed E-state index contributed by atoms with van der Waals surface area (Å²) in [6.45, 7) is 4.78. The number of hydrogen-bond donors (Lipinski definition) is 2. The van der Waals surface area contributed by atoms with Crippen LogP contribution in [0, 0.1) is 0 Å². The summed E-state index contributed by atoms with van der Waals surface area (Å²) in [6, 6.07) is 12.1. The number of carbonyl (C=O) groups excluding carboxylic acids is 2. The van der Waals surface area contributed by atoms with Gasteiger partial charge in [-0.2, -0.15) is 0 Å². The van der Waals surface area contributed by atoms with E-state index in [9.17, 15) is 18.0 Å². The van der Waals surface area contributed by atoms with E-state index in [-0.39, 0.29) is 23.4 Å². The number of nitrogens with zero attached hydrogens (tertiary/aromatic N) is 1. The van der Waals surface area contributed by atoms with E-state index in [0.717, 1.165) is 10.7 Å². The van der Waals surface area contributed by atoms with E-state index >= 15 is 0 Å². The normalized spacial score (nSPS) is 12.0. The number of ether oxygens (including phenoxy) is 1. The highest BCUT2D eigenvalue weighted by molar-refractivity contribution is 7.92. The van der Waals surface area contributed by atoms with Crippen molar-refractivity contribution in [2.45, 2.75) is 38.1 Å². The molecule has 9 heteroatoms. The molecule has 0 aliphatic rings. The van der Waals surface area contributed by atoms with Crippen molar-refractivity contribution >= 4 is 33.2 Å². The molecule has 0 saturated carbocycles. The van der Waals surface area contributed by atoms with Crippen molar-refractivity contribution in [3.63, 3.8) is 0 Å². The molecule has 2 rings (SSSR count). The number of benzene rings is 2. The molecule has 0 aromatic heterocycles. The van der Waals surface area contributed by atoms with E-state index in [0.29, 0.717) is 17.1 Å². The highest BCUT2D eigenvalue weighted by atomic mass is 32.2. The first-order valence-corrected chi connectivity index (χ1v) is 10.9. The zero-order chi connectivity index (χ0) is 22.3. The van der Waals surface area contributed by atoms with Crippen molar-refractivity contribution in [2.24, 2.45) is 0 Å². The molecule has 1 atom stereocenters. The van der Waals surface area contributed by atoms with Crippen molar-refractivity contribution < 1.29 is 22.7 Å². The Morgan fingerprint density at radius 3 is 2.17 bits per heavy atom. The third kappa shape index (κ3) is 5.96. The minimum absolute atomic E-state index is 0.00348. The van der Waals surface area contributed by atoms with Crippen LogP contribution in [0.1, 0.15) is 27.2 Å². The third-order valence-electron chi connectivity index (χ3n) is 4.43. The SMILES string of the molecule is CC[C@@H](C)NC(=O)CN(c1ccc(OC)cc1)S(=O)(=O)c1ccc(NC(C)=O)cc1. The van der Waals surface area contributed by atoms with Crippen LogP contribution in [-0.4, -0.2) is 39.9 Å². The molecule has 2 N–H and O–H groups in total. The Hall–Kier alpha value is -3.07. The van der Waals surface area contributed by atoms with E-state index in [1.165, 1.54) is 38.3 Å². The lowest BCUT2D eigenvalue weighted by Crippen LogP contribution is -2.43. The molecule has 2 aromatic carbocycles. The van der Waals surface area contributed by atoms with Crippen LogP contribution in [0.25, 0.3) is 0 Å². The second-order valence-corrected chi connectivity index (χ2v) is 8.65. The molecule has 0 unspecified atom stereocenters. The van der Waals surface area contributed by atoms with Gasteiger partial charge in [0.15, 0.2) is 0 Å². The number of nitrogens with one attached hydrogen (secondary N) is 2. The van der Waals surface area contributed by atoms with E-state index < -0.39 is 15.9 Å². The average molecular weight is 434 g/mol. The van der Waals surface area contributed by atoms with Crippen molar-refractivity contribution in [3.8, 4) is 5.75 Å². The molecule has 0 spiro atoms. The van der Waals surface area contributed by atoms with Gasteiger partial charge >= 0.3 is 0 Å². The summed E-state index contributed by atoms with van der Waals surface area (Å²) < 4.78 is 32.9. The molecule has 0 aliphatic heterocycles. The summed E-state index contributed by atoms with van der Waals surface area (Å²) in [7, 11) is -2.52. The van der Waals surface area contributed by atoms with Gasteiger partial charge in [-0.3, -0.25) is 13.9 Å². The summed E-state index contributed by atoms with van der Waals surface area (Å²) in [5.41, 5.74) is 0.813. The monoisotopic (exact) mass is 433 g/mol. The first-order valence-electron chi connectivity index (χ1n) is 9.51. The zero-order valence-corrected chi connectivity index (χ0v) is 18.3. The Bertz CT molecular complexity index is 973. The molecule has 0 bridgehead atoms. The number of anilines is 2. The number of hydrogen-bond acceptors (Lipinski definition) is 5. The molecule has 2 amide bonds. The van der Waals surface area contributed by atoms with Crippen LogP contribution < -0.4 is 19.7 Å². The molecular formula is C21H27N3O5S. The minimum atomic E-state index is -4.04. The number of methoxy groups -OCH3 is 1. The lowest BCUT2D eigenvalue weighted by atomic mass is 10.2. The molecule has 0 fully saturated rings. The summed E-state index contributed by atoms with van der Waals surface area (Å²) in [5, 5.41) is 5.38. The fourth-order valence-corrected chi connectivity index (χ4v) is 4.08. The van der Waals surface area contributed by atoms with E-state index in [2.05, 4.69) is 10.6 Å². The van der Waals surface area contributed by atoms with Crippen molar-refractivity contribution in [1.82, 2.24) is 5.32 Å².